The Morgan fingerprint density at radius 3 is 2.22 bits per heavy atom. The molecule has 94 valence electrons. The van der Waals surface area contributed by atoms with Gasteiger partial charge in [-0.05, 0) is 12.5 Å². The number of benzene rings is 1. The number of hydrogen-bond donors (Lipinski definition) is 2. The van der Waals surface area contributed by atoms with E-state index in [0.717, 1.165) is 5.56 Å². The van der Waals surface area contributed by atoms with E-state index in [2.05, 4.69) is 4.99 Å². The third kappa shape index (κ3) is 1.68. The maximum absolute atomic E-state index is 11.3. The van der Waals surface area contributed by atoms with Crippen LogP contribution in [0, 0.1) is 5.41 Å². The van der Waals surface area contributed by atoms with E-state index in [1.165, 1.54) is 6.92 Å². The maximum atomic E-state index is 11.3. The standard InChI is InChI=1S/C13H13NO4/c1-8-13(11(15)16,12(17)18)7-10(14-8)9-5-3-2-4-6-9/h2-6,10H,7H2,1H3,(H,15,16)(H,17,18). The summed E-state index contributed by atoms with van der Waals surface area (Å²) in [6, 6.07) is 8.72. The van der Waals surface area contributed by atoms with Crippen molar-refractivity contribution in [3.05, 3.63) is 35.9 Å². The van der Waals surface area contributed by atoms with Crippen LogP contribution >= 0.6 is 0 Å². The van der Waals surface area contributed by atoms with E-state index in [0.29, 0.717) is 0 Å². The fourth-order valence-electron chi connectivity index (χ4n) is 2.27. The van der Waals surface area contributed by atoms with Crippen molar-refractivity contribution in [2.75, 3.05) is 0 Å². The summed E-state index contributed by atoms with van der Waals surface area (Å²) in [6.45, 7) is 1.46. The molecule has 1 aliphatic rings. The Kier molecular flexibility index (Phi) is 2.90. The first-order valence-corrected chi connectivity index (χ1v) is 5.55. The van der Waals surface area contributed by atoms with E-state index in [4.69, 9.17) is 0 Å². The van der Waals surface area contributed by atoms with E-state index in [1.807, 2.05) is 30.3 Å². The Hall–Kier alpha value is -2.17. The summed E-state index contributed by atoms with van der Waals surface area (Å²) in [4.78, 5) is 26.8. The number of carboxylic acids is 2. The van der Waals surface area contributed by atoms with Crippen LogP contribution < -0.4 is 0 Å². The molecule has 0 radical (unpaired) electrons. The quantitative estimate of drug-likeness (QED) is 0.796. The second kappa shape index (κ2) is 4.25. The summed E-state index contributed by atoms with van der Waals surface area (Å²) in [5.41, 5.74) is -0.905. The molecule has 18 heavy (non-hydrogen) atoms. The number of rotatable bonds is 3. The molecule has 0 aliphatic carbocycles. The minimum atomic E-state index is -1.89. The molecule has 0 saturated carbocycles. The summed E-state index contributed by atoms with van der Waals surface area (Å²) in [5.74, 6) is -2.70. The van der Waals surface area contributed by atoms with Crippen LogP contribution in [0.4, 0.5) is 0 Å². The third-order valence-corrected chi connectivity index (χ3v) is 3.38. The minimum absolute atomic E-state index is 0.0342. The van der Waals surface area contributed by atoms with Crippen LogP contribution in [0.2, 0.25) is 0 Å². The molecule has 0 saturated heterocycles. The third-order valence-electron chi connectivity index (χ3n) is 3.38. The van der Waals surface area contributed by atoms with Gasteiger partial charge in [-0.2, -0.15) is 0 Å². The lowest BCUT2D eigenvalue weighted by atomic mass is 9.80. The molecular weight excluding hydrogens is 234 g/mol. The van der Waals surface area contributed by atoms with E-state index in [1.54, 1.807) is 0 Å². The fraction of sp³-hybridized carbons (Fsp3) is 0.308. The molecule has 2 rings (SSSR count). The van der Waals surface area contributed by atoms with Gasteiger partial charge in [0.2, 0.25) is 5.41 Å². The Bertz CT molecular complexity index is 507. The van der Waals surface area contributed by atoms with Crippen molar-refractivity contribution >= 4 is 17.7 Å². The number of aliphatic imine (C=N–C) groups is 1. The van der Waals surface area contributed by atoms with Gasteiger partial charge in [0.05, 0.1) is 6.04 Å². The second-order valence-electron chi connectivity index (χ2n) is 4.36. The van der Waals surface area contributed by atoms with Gasteiger partial charge < -0.3 is 10.2 Å². The first kappa shape index (κ1) is 12.3. The average molecular weight is 247 g/mol. The highest BCUT2D eigenvalue weighted by molar-refractivity contribution is 6.21. The van der Waals surface area contributed by atoms with Crippen LogP contribution in [0.5, 0.6) is 0 Å². The summed E-state index contributed by atoms with van der Waals surface area (Å²) in [5, 5.41) is 18.4. The Balaban J connectivity index is 2.40. The van der Waals surface area contributed by atoms with Crippen molar-refractivity contribution in [3.8, 4) is 0 Å². The van der Waals surface area contributed by atoms with E-state index < -0.39 is 23.4 Å². The minimum Gasteiger partial charge on any atom is -0.480 e. The second-order valence-corrected chi connectivity index (χ2v) is 4.36. The average Bonchev–Trinajstić information content (AvgIpc) is 2.69. The predicted octanol–water partition coefficient (Wildman–Crippen LogP) is 1.75. The van der Waals surface area contributed by atoms with E-state index >= 15 is 0 Å². The highest BCUT2D eigenvalue weighted by Crippen LogP contribution is 2.41. The molecule has 1 unspecified atom stereocenters. The van der Waals surface area contributed by atoms with Gasteiger partial charge in [0.25, 0.3) is 0 Å². The SMILES string of the molecule is CC1=NC(c2ccccc2)CC1(C(=O)O)C(=O)O. The molecule has 1 atom stereocenters. The van der Waals surface area contributed by atoms with Crippen LogP contribution in [0.3, 0.4) is 0 Å². The van der Waals surface area contributed by atoms with Crippen molar-refractivity contribution in [2.45, 2.75) is 19.4 Å². The first-order valence-electron chi connectivity index (χ1n) is 5.55. The zero-order valence-corrected chi connectivity index (χ0v) is 9.83. The van der Waals surface area contributed by atoms with Crippen molar-refractivity contribution < 1.29 is 19.8 Å². The molecule has 0 aromatic heterocycles. The van der Waals surface area contributed by atoms with Gasteiger partial charge in [-0.25, -0.2) is 0 Å². The summed E-state index contributed by atoms with van der Waals surface area (Å²) in [7, 11) is 0. The van der Waals surface area contributed by atoms with Crippen LogP contribution in [-0.4, -0.2) is 27.9 Å². The summed E-state index contributed by atoms with van der Waals surface area (Å²) in [6.07, 6.45) is -0.0342. The van der Waals surface area contributed by atoms with Crippen molar-refractivity contribution in [3.63, 3.8) is 0 Å². The highest BCUT2D eigenvalue weighted by Gasteiger charge is 2.54. The molecule has 1 aliphatic heterocycles. The van der Waals surface area contributed by atoms with Gasteiger partial charge in [-0.15, -0.1) is 0 Å². The lowest BCUT2D eigenvalue weighted by molar-refractivity contribution is -0.159. The van der Waals surface area contributed by atoms with Crippen LogP contribution in [0.1, 0.15) is 24.9 Å². The molecule has 1 heterocycles. The molecule has 5 heteroatoms. The van der Waals surface area contributed by atoms with Crippen LogP contribution in [-0.2, 0) is 9.59 Å². The lowest BCUT2D eigenvalue weighted by Gasteiger charge is -2.19. The molecule has 5 nitrogen and oxygen atoms in total. The van der Waals surface area contributed by atoms with Gasteiger partial charge in [-0.1, -0.05) is 30.3 Å². The Morgan fingerprint density at radius 1 is 1.22 bits per heavy atom. The molecule has 1 aromatic rings. The summed E-state index contributed by atoms with van der Waals surface area (Å²) < 4.78 is 0. The number of carboxylic acid groups (broad SMARTS) is 2. The van der Waals surface area contributed by atoms with Gasteiger partial charge in [0.15, 0.2) is 0 Å². The van der Waals surface area contributed by atoms with E-state index in [-0.39, 0.29) is 12.1 Å². The number of hydrogen-bond acceptors (Lipinski definition) is 3. The zero-order valence-electron chi connectivity index (χ0n) is 9.83. The van der Waals surface area contributed by atoms with Crippen LogP contribution in [0.15, 0.2) is 35.3 Å². The van der Waals surface area contributed by atoms with Gasteiger partial charge in [0.1, 0.15) is 0 Å². The molecule has 0 bridgehead atoms. The molecule has 2 N–H and O–H groups in total. The van der Waals surface area contributed by atoms with Crippen molar-refractivity contribution in [1.82, 2.24) is 0 Å². The van der Waals surface area contributed by atoms with Gasteiger partial charge in [0, 0.05) is 12.1 Å². The molecule has 1 aromatic carbocycles. The van der Waals surface area contributed by atoms with Crippen molar-refractivity contribution in [1.29, 1.82) is 0 Å². The maximum Gasteiger partial charge on any atom is 0.326 e. The van der Waals surface area contributed by atoms with Gasteiger partial charge in [-0.3, -0.25) is 14.6 Å². The summed E-state index contributed by atoms with van der Waals surface area (Å²) >= 11 is 0. The first-order chi connectivity index (χ1) is 8.48. The molecule has 0 spiro atoms. The van der Waals surface area contributed by atoms with Crippen LogP contribution in [0.25, 0.3) is 0 Å². The van der Waals surface area contributed by atoms with E-state index in [9.17, 15) is 19.8 Å². The topological polar surface area (TPSA) is 87.0 Å². The molecule has 0 amide bonds. The van der Waals surface area contributed by atoms with Crippen molar-refractivity contribution in [2.24, 2.45) is 10.4 Å². The zero-order chi connectivity index (χ0) is 13.3. The predicted molar refractivity (Wildman–Crippen MR) is 64.6 cm³/mol. The lowest BCUT2D eigenvalue weighted by Crippen LogP contribution is -2.43. The number of nitrogens with zero attached hydrogens (tertiary/aromatic N) is 1. The molecular formula is C13H13NO4. The normalized spacial score (nSPS) is 21.4. The largest absolute Gasteiger partial charge is 0.480 e. The smallest absolute Gasteiger partial charge is 0.326 e. The number of aliphatic carboxylic acids is 2. The Labute approximate surface area is 104 Å². The monoisotopic (exact) mass is 247 g/mol. The fourth-order valence-corrected chi connectivity index (χ4v) is 2.27. The number of carbonyl (C=O) groups is 2. The van der Waals surface area contributed by atoms with Gasteiger partial charge >= 0.3 is 11.9 Å². The molecule has 0 fully saturated rings. The highest BCUT2D eigenvalue weighted by atomic mass is 16.4. The Morgan fingerprint density at radius 2 is 1.78 bits per heavy atom.